The molecule has 2 aliphatic heterocycles. The van der Waals surface area contributed by atoms with Gasteiger partial charge in [0, 0.05) is 25.2 Å². The fourth-order valence-corrected chi connectivity index (χ4v) is 2.40. The molecule has 0 aromatic carbocycles. The Labute approximate surface area is 67.0 Å². The van der Waals surface area contributed by atoms with Gasteiger partial charge in [0.2, 0.25) is 0 Å². The van der Waals surface area contributed by atoms with Crippen molar-refractivity contribution in [3.63, 3.8) is 0 Å². The fraction of sp³-hybridized carbons (Fsp3) is 1.00. The van der Waals surface area contributed by atoms with Crippen molar-refractivity contribution in [1.29, 1.82) is 0 Å². The Morgan fingerprint density at radius 1 is 1.27 bits per heavy atom. The number of alkyl halides is 1. The maximum Gasteiger partial charge on any atom is 0.143 e. The van der Waals surface area contributed by atoms with Crippen molar-refractivity contribution >= 4 is 0 Å². The van der Waals surface area contributed by atoms with Gasteiger partial charge < -0.3 is 4.90 Å². The van der Waals surface area contributed by atoms with Crippen LogP contribution in [0.1, 0.15) is 12.8 Å². The van der Waals surface area contributed by atoms with Gasteiger partial charge in [-0.1, -0.05) is 0 Å². The number of hydrogen-bond acceptors (Lipinski definition) is 2. The number of piperazine rings is 1. The van der Waals surface area contributed by atoms with Crippen molar-refractivity contribution in [2.75, 3.05) is 26.9 Å². The minimum atomic E-state index is -0.247. The molecule has 0 saturated carbocycles. The molecule has 11 heavy (non-hydrogen) atoms. The van der Waals surface area contributed by atoms with E-state index < -0.39 is 0 Å². The Balaban J connectivity index is 2.06. The van der Waals surface area contributed by atoms with Gasteiger partial charge in [-0.2, -0.15) is 0 Å². The summed E-state index contributed by atoms with van der Waals surface area (Å²) in [5.74, 6) is 0. The molecule has 2 fully saturated rings. The van der Waals surface area contributed by atoms with Gasteiger partial charge in [-0.3, -0.25) is 4.90 Å². The Kier molecular flexibility index (Phi) is 1.85. The number of likely N-dealkylation sites (tertiary alicyclic amines) is 1. The van der Waals surface area contributed by atoms with Crippen LogP contribution in [0, 0.1) is 0 Å². The van der Waals surface area contributed by atoms with E-state index in [9.17, 15) is 4.39 Å². The standard InChI is InChI=1S/C8H15FN2/c1-10-4-7-2-3-8(5-10)11(7)6-9/h7-8H,2-6H2,1H3. The van der Waals surface area contributed by atoms with Crippen LogP contribution in [0.15, 0.2) is 0 Å². The third kappa shape index (κ3) is 1.16. The lowest BCUT2D eigenvalue weighted by Gasteiger charge is -2.37. The summed E-state index contributed by atoms with van der Waals surface area (Å²) >= 11 is 0. The molecule has 0 radical (unpaired) electrons. The molecule has 2 atom stereocenters. The third-order valence-corrected chi connectivity index (χ3v) is 2.95. The van der Waals surface area contributed by atoms with E-state index in [1.54, 1.807) is 0 Å². The number of hydrogen-bond donors (Lipinski definition) is 0. The molecule has 2 rings (SSSR count). The first-order valence-electron chi connectivity index (χ1n) is 4.31. The molecule has 2 unspecified atom stereocenters. The molecule has 0 aromatic heterocycles. The van der Waals surface area contributed by atoms with Crippen LogP contribution in [0.2, 0.25) is 0 Å². The fourth-order valence-electron chi connectivity index (χ4n) is 2.40. The van der Waals surface area contributed by atoms with E-state index >= 15 is 0 Å². The Hall–Kier alpha value is -0.150. The molecular formula is C8H15FN2. The molecule has 0 aromatic rings. The zero-order valence-corrected chi connectivity index (χ0v) is 6.96. The second-order valence-electron chi connectivity index (χ2n) is 3.74. The summed E-state index contributed by atoms with van der Waals surface area (Å²) in [7, 11) is 2.13. The second-order valence-corrected chi connectivity index (χ2v) is 3.74. The highest BCUT2D eigenvalue weighted by atomic mass is 19.1. The summed E-state index contributed by atoms with van der Waals surface area (Å²) in [5.41, 5.74) is 0. The molecule has 64 valence electrons. The molecule has 2 nitrogen and oxygen atoms in total. The van der Waals surface area contributed by atoms with Crippen molar-refractivity contribution in [3.8, 4) is 0 Å². The van der Waals surface area contributed by atoms with Crippen LogP contribution in [-0.2, 0) is 0 Å². The number of fused-ring (bicyclic) bond motifs is 2. The largest absolute Gasteiger partial charge is 0.303 e. The molecule has 0 N–H and O–H groups in total. The molecule has 0 aliphatic carbocycles. The van der Waals surface area contributed by atoms with Gasteiger partial charge >= 0.3 is 0 Å². The average Bonchev–Trinajstić information content (AvgIpc) is 2.23. The van der Waals surface area contributed by atoms with Crippen LogP contribution < -0.4 is 0 Å². The number of halogens is 1. The highest BCUT2D eigenvalue weighted by molar-refractivity contribution is 4.93. The Morgan fingerprint density at radius 2 is 1.82 bits per heavy atom. The molecule has 2 aliphatic rings. The molecule has 2 heterocycles. The van der Waals surface area contributed by atoms with Crippen LogP contribution in [0.25, 0.3) is 0 Å². The molecule has 3 heteroatoms. The van der Waals surface area contributed by atoms with E-state index in [2.05, 4.69) is 11.9 Å². The first kappa shape index (κ1) is 7.50. The average molecular weight is 158 g/mol. The summed E-state index contributed by atoms with van der Waals surface area (Å²) in [4.78, 5) is 4.33. The lowest BCUT2D eigenvalue weighted by atomic mass is 10.2. The van der Waals surface area contributed by atoms with E-state index in [1.807, 2.05) is 4.90 Å². The van der Waals surface area contributed by atoms with Crippen molar-refractivity contribution in [2.45, 2.75) is 24.9 Å². The van der Waals surface area contributed by atoms with Gasteiger partial charge in [-0.05, 0) is 19.9 Å². The highest BCUT2D eigenvalue weighted by Gasteiger charge is 2.38. The lowest BCUT2D eigenvalue weighted by Crippen LogP contribution is -2.51. The van der Waals surface area contributed by atoms with Gasteiger partial charge in [0.05, 0.1) is 0 Å². The molecule has 2 saturated heterocycles. The van der Waals surface area contributed by atoms with Crippen LogP contribution >= 0.6 is 0 Å². The number of likely N-dealkylation sites (N-methyl/N-ethyl adjacent to an activating group) is 1. The Morgan fingerprint density at radius 3 is 2.27 bits per heavy atom. The lowest BCUT2D eigenvalue weighted by molar-refractivity contribution is 0.0466. The number of rotatable bonds is 1. The maximum absolute atomic E-state index is 12.5. The summed E-state index contributed by atoms with van der Waals surface area (Å²) in [6.45, 7) is 1.87. The summed E-state index contributed by atoms with van der Waals surface area (Å²) in [5, 5.41) is 0. The Bertz CT molecular complexity index is 137. The van der Waals surface area contributed by atoms with Crippen molar-refractivity contribution < 1.29 is 4.39 Å². The minimum absolute atomic E-state index is 0.247. The van der Waals surface area contributed by atoms with Gasteiger partial charge in [-0.15, -0.1) is 0 Å². The predicted molar refractivity (Wildman–Crippen MR) is 42.1 cm³/mol. The zero-order valence-electron chi connectivity index (χ0n) is 6.96. The van der Waals surface area contributed by atoms with Crippen molar-refractivity contribution in [1.82, 2.24) is 9.80 Å². The highest BCUT2D eigenvalue weighted by Crippen LogP contribution is 2.28. The van der Waals surface area contributed by atoms with Crippen molar-refractivity contribution in [3.05, 3.63) is 0 Å². The molecule has 0 spiro atoms. The van der Waals surface area contributed by atoms with E-state index in [0.717, 1.165) is 13.1 Å². The normalized spacial score (nSPS) is 39.8. The minimum Gasteiger partial charge on any atom is -0.303 e. The molecular weight excluding hydrogens is 143 g/mol. The second kappa shape index (κ2) is 2.72. The third-order valence-electron chi connectivity index (χ3n) is 2.95. The summed E-state index contributed by atoms with van der Waals surface area (Å²) in [6.07, 6.45) is 2.39. The van der Waals surface area contributed by atoms with Gasteiger partial charge in [-0.25, -0.2) is 4.39 Å². The quantitative estimate of drug-likeness (QED) is 0.518. The smallest absolute Gasteiger partial charge is 0.143 e. The molecule has 2 bridgehead atoms. The predicted octanol–water partition coefficient (Wildman–Crippen LogP) is 0.692. The van der Waals surface area contributed by atoms with E-state index in [1.165, 1.54) is 12.8 Å². The SMILES string of the molecule is CN1CC2CCC(C1)N2CF. The topological polar surface area (TPSA) is 6.48 Å². The van der Waals surface area contributed by atoms with E-state index in [0.29, 0.717) is 12.1 Å². The molecule has 0 amide bonds. The van der Waals surface area contributed by atoms with Gasteiger partial charge in [0.25, 0.3) is 0 Å². The van der Waals surface area contributed by atoms with Crippen LogP contribution in [0.4, 0.5) is 4.39 Å². The van der Waals surface area contributed by atoms with Crippen LogP contribution in [-0.4, -0.2) is 48.8 Å². The monoisotopic (exact) mass is 158 g/mol. The first-order valence-corrected chi connectivity index (χ1v) is 4.31. The van der Waals surface area contributed by atoms with E-state index in [-0.39, 0.29) is 6.80 Å². The van der Waals surface area contributed by atoms with Gasteiger partial charge in [0.15, 0.2) is 0 Å². The van der Waals surface area contributed by atoms with Crippen LogP contribution in [0.5, 0.6) is 0 Å². The van der Waals surface area contributed by atoms with Crippen LogP contribution in [0.3, 0.4) is 0 Å². The zero-order chi connectivity index (χ0) is 7.84. The summed E-state index contributed by atoms with van der Waals surface area (Å²) < 4.78 is 12.5. The summed E-state index contributed by atoms with van der Waals surface area (Å²) in [6, 6.07) is 1.01. The van der Waals surface area contributed by atoms with E-state index in [4.69, 9.17) is 0 Å². The van der Waals surface area contributed by atoms with Crippen molar-refractivity contribution in [2.24, 2.45) is 0 Å². The first-order chi connectivity index (χ1) is 5.31. The van der Waals surface area contributed by atoms with Gasteiger partial charge in [0.1, 0.15) is 6.80 Å². The maximum atomic E-state index is 12.5. The number of nitrogens with zero attached hydrogens (tertiary/aromatic N) is 2.